The maximum absolute atomic E-state index is 3.81. The second-order valence-corrected chi connectivity index (χ2v) is 7.57. The van der Waals surface area contributed by atoms with E-state index >= 15 is 0 Å². The van der Waals surface area contributed by atoms with Crippen LogP contribution in [0, 0.1) is 11.8 Å². The van der Waals surface area contributed by atoms with E-state index in [0.29, 0.717) is 11.6 Å². The van der Waals surface area contributed by atoms with Crippen molar-refractivity contribution in [3.05, 3.63) is 0 Å². The number of nitrogens with one attached hydrogen (secondary N) is 1. The summed E-state index contributed by atoms with van der Waals surface area (Å²) in [5, 5.41) is 3.81. The molecule has 0 heterocycles. The van der Waals surface area contributed by atoms with E-state index in [0.717, 1.165) is 18.4 Å². The molecule has 1 aliphatic carbocycles. The van der Waals surface area contributed by atoms with Crippen molar-refractivity contribution < 1.29 is 0 Å². The van der Waals surface area contributed by atoms with Crippen LogP contribution in [-0.4, -0.2) is 37.1 Å². The van der Waals surface area contributed by atoms with Crippen molar-refractivity contribution in [2.45, 2.75) is 77.8 Å². The average molecular weight is 268 g/mol. The summed E-state index contributed by atoms with van der Waals surface area (Å²) in [7, 11) is 4.52. The molecule has 0 spiro atoms. The van der Waals surface area contributed by atoms with Crippen molar-refractivity contribution in [2.75, 3.05) is 20.6 Å². The van der Waals surface area contributed by atoms with Crippen molar-refractivity contribution in [1.82, 2.24) is 10.2 Å². The van der Waals surface area contributed by atoms with Crippen LogP contribution in [0.4, 0.5) is 0 Å². The van der Waals surface area contributed by atoms with Crippen LogP contribution in [0.25, 0.3) is 0 Å². The minimum Gasteiger partial charge on any atom is -0.312 e. The van der Waals surface area contributed by atoms with Crippen molar-refractivity contribution in [3.63, 3.8) is 0 Å². The number of likely N-dealkylation sites (N-methyl/N-ethyl adjacent to an activating group) is 1. The molecule has 1 N–H and O–H groups in total. The molecule has 0 aliphatic heterocycles. The summed E-state index contributed by atoms with van der Waals surface area (Å²) in [6, 6.07) is 0.649. The minimum absolute atomic E-state index is 0.393. The molecule has 0 aromatic carbocycles. The Labute approximate surface area is 121 Å². The predicted molar refractivity (Wildman–Crippen MR) is 85.6 cm³/mol. The molecule has 0 saturated heterocycles. The summed E-state index contributed by atoms with van der Waals surface area (Å²) in [4.78, 5) is 2.48. The van der Waals surface area contributed by atoms with Gasteiger partial charge >= 0.3 is 0 Å². The van der Waals surface area contributed by atoms with Gasteiger partial charge in [-0.15, -0.1) is 0 Å². The van der Waals surface area contributed by atoms with Gasteiger partial charge in [-0.25, -0.2) is 0 Å². The minimum atomic E-state index is 0.393. The molecule has 2 nitrogen and oxygen atoms in total. The van der Waals surface area contributed by atoms with Gasteiger partial charge in [-0.2, -0.15) is 0 Å². The first-order valence-electron chi connectivity index (χ1n) is 8.26. The van der Waals surface area contributed by atoms with Crippen molar-refractivity contribution >= 4 is 0 Å². The molecule has 0 aromatic rings. The van der Waals surface area contributed by atoms with Gasteiger partial charge in [-0.1, -0.05) is 33.6 Å². The van der Waals surface area contributed by atoms with Gasteiger partial charge in [0.05, 0.1) is 0 Å². The zero-order valence-electron chi connectivity index (χ0n) is 14.1. The SMILES string of the molecule is CC(C)CCC(C)NCC1(N(C)C)CCCC(C)C1. The Morgan fingerprint density at radius 1 is 1.21 bits per heavy atom. The van der Waals surface area contributed by atoms with E-state index in [2.05, 4.69) is 52.0 Å². The number of hydrogen-bond acceptors (Lipinski definition) is 2. The maximum Gasteiger partial charge on any atom is 0.0330 e. The number of rotatable bonds is 7. The molecule has 0 bridgehead atoms. The van der Waals surface area contributed by atoms with E-state index in [9.17, 15) is 0 Å². The molecule has 1 saturated carbocycles. The predicted octanol–water partition coefficient (Wildman–Crippen LogP) is 3.91. The molecule has 3 unspecified atom stereocenters. The molecule has 1 fully saturated rings. The lowest BCUT2D eigenvalue weighted by molar-refractivity contribution is 0.0723. The van der Waals surface area contributed by atoms with Crippen LogP contribution in [0.15, 0.2) is 0 Å². The summed E-state index contributed by atoms with van der Waals surface area (Å²) in [6.07, 6.45) is 8.15. The van der Waals surface area contributed by atoms with Gasteiger partial charge in [0.1, 0.15) is 0 Å². The van der Waals surface area contributed by atoms with E-state index in [1.54, 1.807) is 0 Å². The summed E-state index contributed by atoms with van der Waals surface area (Å²) in [5.74, 6) is 1.70. The summed E-state index contributed by atoms with van der Waals surface area (Å²) < 4.78 is 0. The molecular formula is C17H36N2. The summed E-state index contributed by atoms with van der Waals surface area (Å²) in [5.41, 5.74) is 0.393. The molecule has 114 valence electrons. The smallest absolute Gasteiger partial charge is 0.0330 e. The van der Waals surface area contributed by atoms with Crippen LogP contribution >= 0.6 is 0 Å². The molecule has 1 rings (SSSR count). The van der Waals surface area contributed by atoms with Crippen LogP contribution in [0.3, 0.4) is 0 Å². The lowest BCUT2D eigenvalue weighted by Gasteiger charge is -2.46. The van der Waals surface area contributed by atoms with E-state index in [1.165, 1.54) is 38.5 Å². The standard InChI is InChI=1S/C17H36N2/c1-14(2)9-10-16(4)18-13-17(19(5)6)11-7-8-15(3)12-17/h14-16,18H,7-13H2,1-6H3. The summed E-state index contributed by atoms with van der Waals surface area (Å²) >= 11 is 0. The second-order valence-electron chi connectivity index (χ2n) is 7.57. The lowest BCUT2D eigenvalue weighted by atomic mass is 9.75. The maximum atomic E-state index is 3.81. The van der Waals surface area contributed by atoms with Crippen molar-refractivity contribution in [3.8, 4) is 0 Å². The molecule has 3 atom stereocenters. The van der Waals surface area contributed by atoms with Crippen LogP contribution < -0.4 is 5.32 Å². The fraction of sp³-hybridized carbons (Fsp3) is 1.00. The van der Waals surface area contributed by atoms with Crippen molar-refractivity contribution in [1.29, 1.82) is 0 Å². The monoisotopic (exact) mass is 268 g/mol. The first kappa shape index (κ1) is 17.0. The highest BCUT2D eigenvalue weighted by atomic mass is 15.2. The van der Waals surface area contributed by atoms with Crippen LogP contribution in [0.1, 0.15) is 66.2 Å². The molecule has 2 heteroatoms. The van der Waals surface area contributed by atoms with Gasteiger partial charge in [-0.3, -0.25) is 0 Å². The second kappa shape index (κ2) is 7.64. The Morgan fingerprint density at radius 3 is 2.42 bits per heavy atom. The highest BCUT2D eigenvalue weighted by Crippen LogP contribution is 2.35. The van der Waals surface area contributed by atoms with E-state index in [4.69, 9.17) is 0 Å². The third kappa shape index (κ3) is 5.43. The van der Waals surface area contributed by atoms with Gasteiger partial charge in [0.15, 0.2) is 0 Å². The van der Waals surface area contributed by atoms with Gasteiger partial charge in [0, 0.05) is 18.1 Å². The van der Waals surface area contributed by atoms with Crippen LogP contribution in [0.5, 0.6) is 0 Å². The Morgan fingerprint density at radius 2 is 1.89 bits per heavy atom. The third-order valence-electron chi connectivity index (χ3n) is 4.97. The highest BCUT2D eigenvalue weighted by molar-refractivity contribution is 4.95. The Kier molecular flexibility index (Phi) is 6.82. The number of hydrogen-bond donors (Lipinski definition) is 1. The van der Waals surface area contributed by atoms with Crippen LogP contribution in [0.2, 0.25) is 0 Å². The Balaban J connectivity index is 2.45. The Bertz CT molecular complexity index is 250. The highest BCUT2D eigenvalue weighted by Gasteiger charge is 2.36. The normalized spacial score (nSPS) is 30.0. The topological polar surface area (TPSA) is 15.3 Å². The molecule has 0 aromatic heterocycles. The van der Waals surface area contributed by atoms with Gasteiger partial charge in [-0.05, 0) is 58.5 Å². The third-order valence-corrected chi connectivity index (χ3v) is 4.97. The van der Waals surface area contributed by atoms with Gasteiger partial charge in [0.25, 0.3) is 0 Å². The molecule has 0 amide bonds. The zero-order valence-corrected chi connectivity index (χ0v) is 14.1. The van der Waals surface area contributed by atoms with E-state index in [-0.39, 0.29) is 0 Å². The van der Waals surface area contributed by atoms with Gasteiger partial charge in [0.2, 0.25) is 0 Å². The average Bonchev–Trinajstić information content (AvgIpc) is 2.33. The first-order chi connectivity index (χ1) is 8.85. The van der Waals surface area contributed by atoms with E-state index in [1.807, 2.05) is 0 Å². The molecule has 1 aliphatic rings. The quantitative estimate of drug-likeness (QED) is 0.753. The summed E-state index contributed by atoms with van der Waals surface area (Å²) in [6.45, 7) is 10.6. The number of nitrogens with zero attached hydrogens (tertiary/aromatic N) is 1. The Hall–Kier alpha value is -0.0800. The largest absolute Gasteiger partial charge is 0.312 e. The molecule has 0 radical (unpaired) electrons. The van der Waals surface area contributed by atoms with Gasteiger partial charge < -0.3 is 10.2 Å². The van der Waals surface area contributed by atoms with Crippen LogP contribution in [-0.2, 0) is 0 Å². The fourth-order valence-corrected chi connectivity index (χ4v) is 3.41. The zero-order chi connectivity index (χ0) is 14.5. The van der Waals surface area contributed by atoms with E-state index < -0.39 is 0 Å². The molecule has 19 heavy (non-hydrogen) atoms. The lowest BCUT2D eigenvalue weighted by Crippen LogP contribution is -2.55. The van der Waals surface area contributed by atoms with Crippen molar-refractivity contribution in [2.24, 2.45) is 11.8 Å². The fourth-order valence-electron chi connectivity index (χ4n) is 3.41. The first-order valence-corrected chi connectivity index (χ1v) is 8.26. The molecular weight excluding hydrogens is 232 g/mol.